The molecule has 2 rings (SSSR count). The Hall–Kier alpha value is -0.640. The van der Waals surface area contributed by atoms with E-state index in [4.69, 9.17) is 5.26 Å². The monoisotopic (exact) mass is 315 g/mol. The van der Waals surface area contributed by atoms with Gasteiger partial charge in [0.25, 0.3) is 0 Å². The van der Waals surface area contributed by atoms with Crippen LogP contribution in [0.4, 0.5) is 0 Å². The van der Waals surface area contributed by atoms with Crippen molar-refractivity contribution in [3.05, 3.63) is 32.2 Å². The number of aliphatic hydroxyl groups is 1. The molecule has 0 unspecified atom stereocenters. The lowest BCUT2D eigenvalue weighted by molar-refractivity contribution is 0.283. The lowest BCUT2D eigenvalue weighted by Gasteiger charge is -1.96. The molecule has 0 atom stereocenters. The number of fused-ring (bicyclic) bond motifs is 1. The molecule has 1 heterocycles. The minimum absolute atomic E-state index is 0.0666. The van der Waals surface area contributed by atoms with Crippen LogP contribution < -0.4 is 0 Å². The van der Waals surface area contributed by atoms with Crippen molar-refractivity contribution in [2.75, 3.05) is 0 Å². The molecule has 1 N–H and O–H groups in total. The molecule has 1 aromatic carbocycles. The van der Waals surface area contributed by atoms with Crippen LogP contribution in [0.5, 0.6) is 0 Å². The van der Waals surface area contributed by atoms with Crippen LogP contribution in [-0.4, -0.2) is 5.11 Å². The molecule has 2 nitrogen and oxygen atoms in total. The minimum atomic E-state index is -0.0666. The molecule has 14 heavy (non-hydrogen) atoms. The fraction of sp³-hybridized carbons (Fsp3) is 0.100. The number of hydrogen-bond acceptors (Lipinski definition) is 3. The quantitative estimate of drug-likeness (QED) is 0.823. The summed E-state index contributed by atoms with van der Waals surface area (Å²) in [4.78, 5) is 0.617. The van der Waals surface area contributed by atoms with Crippen molar-refractivity contribution in [3.8, 4) is 6.07 Å². The highest BCUT2D eigenvalue weighted by Crippen LogP contribution is 2.33. The van der Waals surface area contributed by atoms with Crippen molar-refractivity contribution in [2.45, 2.75) is 6.61 Å². The summed E-state index contributed by atoms with van der Waals surface area (Å²) in [5.74, 6) is 0. The molecule has 0 aliphatic carbocycles. The summed E-state index contributed by atoms with van der Waals surface area (Å²) in [7, 11) is 0. The second-order valence-electron chi connectivity index (χ2n) is 2.79. The molecule has 0 fully saturated rings. The van der Waals surface area contributed by atoms with Gasteiger partial charge in [-0.25, -0.2) is 0 Å². The first-order chi connectivity index (χ1) is 6.77. The Morgan fingerprint density at radius 1 is 1.50 bits per heavy atom. The number of nitrogens with zero attached hydrogens (tertiary/aromatic N) is 1. The standard InChI is InChI=1S/C10H6INOS/c11-7-2-1-3-8-10(7)6(5-13)9(4-12)14-8/h1-3,13H,5H2. The van der Waals surface area contributed by atoms with Gasteiger partial charge in [-0.1, -0.05) is 6.07 Å². The third-order valence-electron chi connectivity index (χ3n) is 2.02. The Labute approximate surface area is 98.9 Å². The zero-order valence-electron chi connectivity index (χ0n) is 7.12. The highest BCUT2D eigenvalue weighted by molar-refractivity contribution is 14.1. The van der Waals surface area contributed by atoms with Crippen LogP contribution in [0.2, 0.25) is 0 Å². The van der Waals surface area contributed by atoms with E-state index in [0.717, 1.165) is 19.2 Å². The van der Waals surface area contributed by atoms with E-state index in [1.54, 1.807) is 0 Å². The lowest BCUT2D eigenvalue weighted by atomic mass is 10.1. The molecule has 0 saturated heterocycles. The van der Waals surface area contributed by atoms with Crippen LogP contribution in [0.3, 0.4) is 0 Å². The number of halogens is 1. The fourth-order valence-electron chi connectivity index (χ4n) is 1.41. The summed E-state index contributed by atoms with van der Waals surface area (Å²) >= 11 is 3.66. The Kier molecular flexibility index (Phi) is 2.72. The van der Waals surface area contributed by atoms with Gasteiger partial charge in [-0.2, -0.15) is 5.26 Å². The summed E-state index contributed by atoms with van der Waals surface area (Å²) in [6, 6.07) is 8.04. The van der Waals surface area contributed by atoms with E-state index in [0.29, 0.717) is 4.88 Å². The van der Waals surface area contributed by atoms with Gasteiger partial charge in [-0.3, -0.25) is 0 Å². The van der Waals surface area contributed by atoms with Gasteiger partial charge in [-0.05, 0) is 34.7 Å². The van der Waals surface area contributed by atoms with Gasteiger partial charge in [-0.15, -0.1) is 11.3 Å². The average molecular weight is 315 g/mol. The molecular formula is C10H6INOS. The molecule has 0 amide bonds. The van der Waals surface area contributed by atoms with Crippen molar-refractivity contribution in [1.82, 2.24) is 0 Å². The van der Waals surface area contributed by atoms with Gasteiger partial charge in [0.1, 0.15) is 10.9 Å². The maximum atomic E-state index is 9.21. The lowest BCUT2D eigenvalue weighted by Crippen LogP contribution is -1.85. The molecule has 0 spiro atoms. The van der Waals surface area contributed by atoms with Crippen LogP contribution in [0.25, 0.3) is 10.1 Å². The van der Waals surface area contributed by atoms with E-state index in [2.05, 4.69) is 28.7 Å². The highest BCUT2D eigenvalue weighted by atomic mass is 127. The molecule has 1 aromatic heterocycles. The topological polar surface area (TPSA) is 44.0 Å². The molecule has 0 aliphatic heterocycles. The van der Waals surface area contributed by atoms with Crippen LogP contribution >= 0.6 is 33.9 Å². The molecule has 0 aliphatic rings. The minimum Gasteiger partial charge on any atom is -0.392 e. The summed E-state index contributed by atoms with van der Waals surface area (Å²) in [5, 5.41) is 19.1. The van der Waals surface area contributed by atoms with E-state index in [1.807, 2.05) is 18.2 Å². The molecule has 0 bridgehead atoms. The molecule has 4 heteroatoms. The zero-order chi connectivity index (χ0) is 10.1. The SMILES string of the molecule is N#Cc1sc2cccc(I)c2c1CO. The van der Waals surface area contributed by atoms with Gasteiger partial charge < -0.3 is 5.11 Å². The van der Waals surface area contributed by atoms with Crippen molar-refractivity contribution in [2.24, 2.45) is 0 Å². The number of nitriles is 1. The first-order valence-electron chi connectivity index (χ1n) is 3.98. The number of benzene rings is 1. The largest absolute Gasteiger partial charge is 0.392 e. The summed E-state index contributed by atoms with van der Waals surface area (Å²) in [6.45, 7) is -0.0666. The predicted molar refractivity (Wildman–Crippen MR) is 65.2 cm³/mol. The number of aliphatic hydroxyl groups excluding tert-OH is 1. The molecular weight excluding hydrogens is 309 g/mol. The van der Waals surface area contributed by atoms with Crippen LogP contribution in [-0.2, 0) is 6.61 Å². The second-order valence-corrected chi connectivity index (χ2v) is 5.01. The van der Waals surface area contributed by atoms with E-state index >= 15 is 0 Å². The average Bonchev–Trinajstić information content (AvgIpc) is 2.56. The van der Waals surface area contributed by atoms with E-state index in [1.165, 1.54) is 11.3 Å². The molecule has 2 aromatic rings. The maximum Gasteiger partial charge on any atom is 0.111 e. The summed E-state index contributed by atoms with van der Waals surface area (Å²) in [5.41, 5.74) is 0.762. The Morgan fingerprint density at radius 2 is 2.29 bits per heavy atom. The van der Waals surface area contributed by atoms with Gasteiger partial charge in [0.15, 0.2) is 0 Å². The fourth-order valence-corrected chi connectivity index (χ4v) is 3.45. The van der Waals surface area contributed by atoms with Crippen LogP contribution in [0.15, 0.2) is 18.2 Å². The second kappa shape index (κ2) is 3.85. The highest BCUT2D eigenvalue weighted by Gasteiger charge is 2.12. The smallest absolute Gasteiger partial charge is 0.111 e. The molecule has 0 radical (unpaired) electrons. The van der Waals surface area contributed by atoms with Crippen molar-refractivity contribution in [1.29, 1.82) is 5.26 Å². The number of thiophene rings is 1. The van der Waals surface area contributed by atoms with Crippen LogP contribution in [0, 0.1) is 14.9 Å². The molecule has 0 saturated carbocycles. The van der Waals surface area contributed by atoms with E-state index in [-0.39, 0.29) is 6.61 Å². The predicted octanol–water partition coefficient (Wildman–Crippen LogP) is 2.87. The van der Waals surface area contributed by atoms with Gasteiger partial charge in [0.05, 0.1) is 6.61 Å². The van der Waals surface area contributed by atoms with Gasteiger partial charge in [0.2, 0.25) is 0 Å². The Balaban J connectivity index is 2.90. The third kappa shape index (κ3) is 1.41. The van der Waals surface area contributed by atoms with Crippen molar-refractivity contribution in [3.63, 3.8) is 0 Å². The summed E-state index contributed by atoms with van der Waals surface area (Å²) in [6.07, 6.45) is 0. The number of hydrogen-bond donors (Lipinski definition) is 1. The first kappa shape index (κ1) is 9.90. The van der Waals surface area contributed by atoms with E-state index in [9.17, 15) is 5.11 Å². The Bertz CT molecular complexity index is 527. The van der Waals surface area contributed by atoms with Crippen LogP contribution in [0.1, 0.15) is 10.4 Å². The Morgan fingerprint density at radius 3 is 2.93 bits per heavy atom. The third-order valence-corrected chi connectivity index (χ3v) is 4.02. The van der Waals surface area contributed by atoms with Gasteiger partial charge in [0, 0.05) is 19.2 Å². The summed E-state index contributed by atoms with van der Waals surface area (Å²) < 4.78 is 2.15. The first-order valence-corrected chi connectivity index (χ1v) is 5.88. The normalized spacial score (nSPS) is 10.4. The van der Waals surface area contributed by atoms with Gasteiger partial charge >= 0.3 is 0 Å². The van der Waals surface area contributed by atoms with Crippen molar-refractivity contribution >= 4 is 44.0 Å². The maximum absolute atomic E-state index is 9.21. The van der Waals surface area contributed by atoms with Crippen molar-refractivity contribution < 1.29 is 5.11 Å². The zero-order valence-corrected chi connectivity index (χ0v) is 10.1. The molecule has 70 valence electrons. The number of rotatable bonds is 1. The van der Waals surface area contributed by atoms with E-state index < -0.39 is 0 Å².